The Morgan fingerprint density at radius 1 is 0.449 bits per heavy atom. The minimum absolute atomic E-state index is 0.135. The first kappa shape index (κ1) is 36.8. The third kappa shape index (κ3) is 13.6. The average Bonchev–Trinajstić information content (AvgIpc) is 3.12. The summed E-state index contributed by atoms with van der Waals surface area (Å²) < 4.78 is 0. The summed E-state index contributed by atoms with van der Waals surface area (Å²) >= 11 is 0. The first-order valence-corrected chi connectivity index (χ1v) is 17.7. The van der Waals surface area contributed by atoms with Crippen LogP contribution in [0.3, 0.4) is 0 Å². The van der Waals surface area contributed by atoms with E-state index in [2.05, 4.69) is 68.6 Å². The number of nitrogens with zero attached hydrogens (tertiary/aromatic N) is 6. The zero-order valence-electron chi connectivity index (χ0n) is 29.0. The fraction of sp³-hybridized carbons (Fsp3) is 0.366. The van der Waals surface area contributed by atoms with E-state index in [1.807, 2.05) is 24.3 Å². The lowest BCUT2D eigenvalue weighted by Gasteiger charge is -2.02. The Kier molecular flexibility index (Phi) is 15.9. The number of aliphatic imine (C=N–C) groups is 2. The lowest BCUT2D eigenvalue weighted by molar-refractivity contribution is 0.474. The maximum absolute atomic E-state index is 10.3. The Labute approximate surface area is 291 Å². The van der Waals surface area contributed by atoms with Crippen LogP contribution in [0.2, 0.25) is 0 Å². The summed E-state index contributed by atoms with van der Waals surface area (Å²) in [6.07, 6.45) is 16.2. The fourth-order valence-electron chi connectivity index (χ4n) is 5.20. The molecule has 0 bridgehead atoms. The van der Waals surface area contributed by atoms with Gasteiger partial charge in [0, 0.05) is 36.6 Å². The van der Waals surface area contributed by atoms with Crippen molar-refractivity contribution in [2.45, 2.75) is 84.5 Å². The van der Waals surface area contributed by atoms with Gasteiger partial charge in [-0.3, -0.25) is 9.98 Å². The molecule has 256 valence electrons. The van der Waals surface area contributed by atoms with Gasteiger partial charge >= 0.3 is 0 Å². The van der Waals surface area contributed by atoms with E-state index in [9.17, 15) is 10.2 Å². The van der Waals surface area contributed by atoms with Crippen molar-refractivity contribution in [3.63, 3.8) is 0 Å². The van der Waals surface area contributed by atoms with Crippen molar-refractivity contribution in [2.24, 2.45) is 30.4 Å². The quantitative estimate of drug-likeness (QED) is 0.0559. The minimum Gasteiger partial charge on any atom is -0.507 e. The molecule has 0 unspecified atom stereocenters. The molecule has 8 heteroatoms. The molecule has 0 heterocycles. The number of aromatic hydroxyl groups is 2. The van der Waals surface area contributed by atoms with Gasteiger partial charge in [-0.15, -0.1) is 0 Å². The summed E-state index contributed by atoms with van der Waals surface area (Å²) in [5.41, 5.74) is 6.66. The monoisotopic (exact) mass is 658 g/mol. The summed E-state index contributed by atoms with van der Waals surface area (Å²) in [7, 11) is 0. The van der Waals surface area contributed by atoms with E-state index in [-0.39, 0.29) is 11.5 Å². The van der Waals surface area contributed by atoms with Gasteiger partial charge < -0.3 is 10.2 Å². The first-order valence-electron chi connectivity index (χ1n) is 17.7. The molecule has 0 amide bonds. The third-order valence-corrected chi connectivity index (χ3v) is 8.13. The average molecular weight is 659 g/mol. The number of hydrogen-bond acceptors (Lipinski definition) is 8. The van der Waals surface area contributed by atoms with E-state index in [1.165, 1.54) is 62.5 Å². The number of hydrogen-bond donors (Lipinski definition) is 2. The molecule has 0 aliphatic heterocycles. The highest BCUT2D eigenvalue weighted by atomic mass is 16.3. The van der Waals surface area contributed by atoms with Crippen LogP contribution in [0, 0.1) is 0 Å². The molecule has 4 aromatic rings. The van der Waals surface area contributed by atoms with Crippen LogP contribution in [-0.2, 0) is 12.8 Å². The van der Waals surface area contributed by atoms with Crippen LogP contribution in [0.25, 0.3) is 0 Å². The Balaban J connectivity index is 1.22. The third-order valence-electron chi connectivity index (χ3n) is 8.13. The van der Waals surface area contributed by atoms with Crippen molar-refractivity contribution in [1.29, 1.82) is 0 Å². The van der Waals surface area contributed by atoms with Gasteiger partial charge in [0.2, 0.25) is 0 Å². The van der Waals surface area contributed by atoms with Crippen LogP contribution in [0.4, 0.5) is 22.7 Å². The topological polar surface area (TPSA) is 115 Å². The number of aryl methyl sites for hydroxylation is 2. The van der Waals surface area contributed by atoms with Gasteiger partial charge in [0.25, 0.3) is 0 Å². The van der Waals surface area contributed by atoms with Crippen molar-refractivity contribution in [3.8, 4) is 11.5 Å². The van der Waals surface area contributed by atoms with Gasteiger partial charge in [0.05, 0.1) is 22.7 Å². The van der Waals surface area contributed by atoms with Crippen molar-refractivity contribution < 1.29 is 10.2 Å². The molecule has 49 heavy (non-hydrogen) atoms. The van der Waals surface area contributed by atoms with Crippen molar-refractivity contribution in [1.82, 2.24) is 0 Å². The normalized spacial score (nSPS) is 12.0. The summed E-state index contributed by atoms with van der Waals surface area (Å²) in [5.74, 6) is 0.269. The van der Waals surface area contributed by atoms with E-state index in [4.69, 9.17) is 0 Å². The van der Waals surface area contributed by atoms with Gasteiger partial charge in [-0.1, -0.05) is 76.6 Å². The summed E-state index contributed by atoms with van der Waals surface area (Å²) in [6, 6.07) is 26.6. The molecular weight excluding hydrogens is 608 g/mol. The number of unbranched alkanes of at least 4 members (excludes halogenated alkanes) is 6. The molecular formula is C41H50N6O2. The Hall–Kier alpha value is -4.98. The van der Waals surface area contributed by atoms with E-state index in [1.54, 1.807) is 48.8 Å². The van der Waals surface area contributed by atoms with E-state index < -0.39 is 0 Å². The Morgan fingerprint density at radius 3 is 1.24 bits per heavy atom. The van der Waals surface area contributed by atoms with Gasteiger partial charge in [0.15, 0.2) is 0 Å². The molecule has 0 radical (unpaired) electrons. The maximum atomic E-state index is 10.3. The van der Waals surface area contributed by atoms with Crippen LogP contribution in [0.5, 0.6) is 11.5 Å². The van der Waals surface area contributed by atoms with E-state index in [0.717, 1.165) is 24.2 Å². The molecule has 0 saturated heterocycles. The van der Waals surface area contributed by atoms with Gasteiger partial charge in [-0.25, -0.2) is 0 Å². The van der Waals surface area contributed by atoms with Crippen molar-refractivity contribution >= 4 is 35.2 Å². The van der Waals surface area contributed by atoms with Crippen LogP contribution in [0.15, 0.2) is 115 Å². The highest BCUT2D eigenvalue weighted by molar-refractivity contribution is 5.85. The highest BCUT2D eigenvalue weighted by Gasteiger charge is 2.03. The van der Waals surface area contributed by atoms with Crippen molar-refractivity contribution in [2.75, 3.05) is 13.1 Å². The van der Waals surface area contributed by atoms with Crippen LogP contribution >= 0.6 is 0 Å². The zero-order chi connectivity index (χ0) is 34.5. The molecule has 4 rings (SSSR count). The van der Waals surface area contributed by atoms with E-state index >= 15 is 0 Å². The molecule has 4 aromatic carbocycles. The number of phenolic OH excluding ortho intramolecular Hbond substituents is 2. The smallest absolute Gasteiger partial charge is 0.124 e. The van der Waals surface area contributed by atoms with Crippen LogP contribution in [0.1, 0.15) is 93.9 Å². The second-order valence-electron chi connectivity index (χ2n) is 12.3. The van der Waals surface area contributed by atoms with E-state index in [0.29, 0.717) is 42.0 Å². The largest absolute Gasteiger partial charge is 0.507 e. The Bertz CT molecular complexity index is 1550. The Morgan fingerprint density at radius 2 is 0.837 bits per heavy atom. The van der Waals surface area contributed by atoms with Crippen molar-refractivity contribution in [3.05, 3.63) is 107 Å². The molecule has 8 nitrogen and oxygen atoms in total. The fourth-order valence-corrected chi connectivity index (χ4v) is 5.20. The summed E-state index contributed by atoms with van der Waals surface area (Å²) in [4.78, 5) is 8.91. The molecule has 0 atom stereocenters. The number of azo groups is 2. The zero-order valence-corrected chi connectivity index (χ0v) is 29.0. The summed E-state index contributed by atoms with van der Waals surface area (Å²) in [5, 5.41) is 38.0. The SMILES string of the molecule is CCCCCCc1ccc(N=Nc2ccc(O)c(C=NCCCN=Cc3cc(N=Nc4ccc(CCCCCC)cc4)ccc3O)c2)cc1. The highest BCUT2D eigenvalue weighted by Crippen LogP contribution is 2.26. The number of phenols is 2. The molecule has 0 saturated carbocycles. The predicted octanol–water partition coefficient (Wildman–Crippen LogP) is 12.1. The lowest BCUT2D eigenvalue weighted by Crippen LogP contribution is -1.90. The number of rotatable bonds is 20. The maximum Gasteiger partial charge on any atom is 0.124 e. The van der Waals surface area contributed by atoms with Gasteiger partial charge in [-0.05, 0) is 104 Å². The minimum atomic E-state index is 0.135. The first-order chi connectivity index (χ1) is 24.0. The predicted molar refractivity (Wildman–Crippen MR) is 203 cm³/mol. The lowest BCUT2D eigenvalue weighted by atomic mass is 10.1. The standard InChI is InChI=1S/C41H50N6O2/c1-3-5-7-9-12-32-14-18-36(19-15-32)44-46-38-22-24-40(48)34(28-38)30-42-26-11-27-43-31-35-29-39(23-25-41(35)49)47-45-37-20-16-33(17-21-37)13-10-8-6-4-2/h14-25,28-31,48-49H,3-13,26-27H2,1-2H3. The molecule has 0 aromatic heterocycles. The van der Waals surface area contributed by atoms with Gasteiger partial charge in [-0.2, -0.15) is 20.5 Å². The molecule has 0 aliphatic rings. The molecule has 0 aliphatic carbocycles. The molecule has 2 N–H and O–H groups in total. The molecule has 0 fully saturated rings. The second kappa shape index (κ2) is 21.1. The summed E-state index contributed by atoms with van der Waals surface area (Å²) in [6.45, 7) is 5.52. The number of benzene rings is 4. The molecule has 0 spiro atoms. The van der Waals surface area contributed by atoms with Crippen LogP contribution in [-0.4, -0.2) is 35.7 Å². The second-order valence-corrected chi connectivity index (χ2v) is 12.3. The van der Waals surface area contributed by atoms with Crippen LogP contribution < -0.4 is 0 Å². The van der Waals surface area contributed by atoms with Gasteiger partial charge in [0.1, 0.15) is 11.5 Å².